The van der Waals surface area contributed by atoms with E-state index in [0.717, 1.165) is 23.3 Å². The van der Waals surface area contributed by atoms with E-state index in [2.05, 4.69) is 50.1 Å². The molecule has 88 valence electrons. The Hall–Kier alpha value is -0.840. The van der Waals surface area contributed by atoms with Gasteiger partial charge < -0.3 is 10.2 Å². The molecule has 0 atom stereocenters. The molecule has 0 aromatic carbocycles. The molecule has 0 radical (unpaired) electrons. The van der Waals surface area contributed by atoms with Crippen LogP contribution < -0.4 is 10.2 Å². The highest BCUT2D eigenvalue weighted by atomic mass is 79.9. The molecule has 0 amide bonds. The Bertz CT molecular complexity index is 365. The van der Waals surface area contributed by atoms with Crippen molar-refractivity contribution < 1.29 is 0 Å². The molecule has 1 aromatic heterocycles. The fraction of sp³-hybridized carbons (Fsp3) is 0.636. The molecular formula is C11H17BrN4. The van der Waals surface area contributed by atoms with Gasteiger partial charge in [0.2, 0.25) is 5.95 Å². The van der Waals surface area contributed by atoms with E-state index in [9.17, 15) is 0 Å². The zero-order valence-corrected chi connectivity index (χ0v) is 11.3. The van der Waals surface area contributed by atoms with E-state index in [-0.39, 0.29) is 0 Å². The van der Waals surface area contributed by atoms with Crippen molar-refractivity contribution in [1.82, 2.24) is 9.97 Å². The lowest BCUT2D eigenvalue weighted by atomic mass is 10.4. The van der Waals surface area contributed by atoms with Crippen LogP contribution in [0.15, 0.2) is 10.7 Å². The fourth-order valence-electron chi connectivity index (χ4n) is 1.56. The van der Waals surface area contributed by atoms with E-state index in [1.807, 2.05) is 6.20 Å². The predicted octanol–water partition coefficient (Wildman–Crippen LogP) is 2.66. The predicted molar refractivity (Wildman–Crippen MR) is 69.9 cm³/mol. The highest BCUT2D eigenvalue weighted by molar-refractivity contribution is 9.10. The summed E-state index contributed by atoms with van der Waals surface area (Å²) in [7, 11) is 2.09. The largest absolute Gasteiger partial charge is 0.356 e. The third-order valence-corrected chi connectivity index (χ3v) is 3.25. The standard InChI is InChI=1S/C11H17BrN4/c1-3-6-13-11-14-7-9(12)10(15-11)16(2)8-4-5-8/h7-8H,3-6H2,1-2H3,(H,13,14,15). The van der Waals surface area contributed by atoms with Crippen LogP contribution in [0.25, 0.3) is 0 Å². The summed E-state index contributed by atoms with van der Waals surface area (Å²) in [6.07, 6.45) is 5.43. The van der Waals surface area contributed by atoms with Crippen LogP contribution in [0.4, 0.5) is 11.8 Å². The second kappa shape index (κ2) is 4.99. The minimum absolute atomic E-state index is 0.658. The number of nitrogens with one attached hydrogen (secondary N) is 1. The molecule has 1 aliphatic rings. The highest BCUT2D eigenvalue weighted by Crippen LogP contribution is 2.33. The van der Waals surface area contributed by atoms with E-state index >= 15 is 0 Å². The molecule has 0 spiro atoms. The van der Waals surface area contributed by atoms with Gasteiger partial charge in [0, 0.05) is 25.8 Å². The van der Waals surface area contributed by atoms with Gasteiger partial charge in [-0.05, 0) is 35.2 Å². The second-order valence-corrected chi connectivity index (χ2v) is 4.99. The molecule has 1 heterocycles. The van der Waals surface area contributed by atoms with Crippen molar-refractivity contribution in [2.45, 2.75) is 32.2 Å². The Kier molecular flexibility index (Phi) is 3.63. The molecule has 1 aromatic rings. The van der Waals surface area contributed by atoms with Crippen LogP contribution in [0.2, 0.25) is 0 Å². The molecule has 0 unspecified atom stereocenters. The molecule has 16 heavy (non-hydrogen) atoms. The lowest BCUT2D eigenvalue weighted by molar-refractivity contribution is 0.875. The number of hydrogen-bond acceptors (Lipinski definition) is 4. The van der Waals surface area contributed by atoms with Crippen molar-refractivity contribution in [3.05, 3.63) is 10.7 Å². The van der Waals surface area contributed by atoms with E-state index < -0.39 is 0 Å². The van der Waals surface area contributed by atoms with Crippen LogP contribution in [0, 0.1) is 0 Å². The maximum absolute atomic E-state index is 4.53. The average molecular weight is 285 g/mol. The molecule has 4 nitrogen and oxygen atoms in total. The van der Waals surface area contributed by atoms with Gasteiger partial charge in [-0.3, -0.25) is 0 Å². The lowest BCUT2D eigenvalue weighted by Crippen LogP contribution is -2.22. The van der Waals surface area contributed by atoms with Gasteiger partial charge in [0.15, 0.2) is 0 Å². The number of anilines is 2. The normalized spacial score (nSPS) is 14.9. The van der Waals surface area contributed by atoms with Crippen molar-refractivity contribution >= 4 is 27.7 Å². The Morgan fingerprint density at radius 3 is 2.94 bits per heavy atom. The topological polar surface area (TPSA) is 41.1 Å². The van der Waals surface area contributed by atoms with E-state index in [0.29, 0.717) is 12.0 Å². The fourth-order valence-corrected chi connectivity index (χ4v) is 2.03. The maximum atomic E-state index is 4.53. The van der Waals surface area contributed by atoms with Gasteiger partial charge in [-0.15, -0.1) is 0 Å². The number of hydrogen-bond donors (Lipinski definition) is 1. The van der Waals surface area contributed by atoms with Crippen molar-refractivity contribution in [3.8, 4) is 0 Å². The van der Waals surface area contributed by atoms with Gasteiger partial charge in [0.25, 0.3) is 0 Å². The summed E-state index contributed by atoms with van der Waals surface area (Å²) < 4.78 is 0.962. The molecule has 5 heteroatoms. The summed E-state index contributed by atoms with van der Waals surface area (Å²) in [4.78, 5) is 11.0. The Morgan fingerprint density at radius 1 is 1.56 bits per heavy atom. The third kappa shape index (κ3) is 2.64. The zero-order valence-electron chi connectivity index (χ0n) is 9.70. The summed E-state index contributed by atoms with van der Waals surface area (Å²) in [5, 5.41) is 3.21. The monoisotopic (exact) mass is 284 g/mol. The highest BCUT2D eigenvalue weighted by Gasteiger charge is 2.28. The zero-order chi connectivity index (χ0) is 11.5. The van der Waals surface area contributed by atoms with Crippen LogP contribution in [0.1, 0.15) is 26.2 Å². The van der Waals surface area contributed by atoms with Gasteiger partial charge in [0.05, 0.1) is 4.47 Å². The minimum Gasteiger partial charge on any atom is -0.356 e. The molecule has 1 fully saturated rings. The molecule has 2 rings (SSSR count). The van der Waals surface area contributed by atoms with Gasteiger partial charge in [-0.2, -0.15) is 4.98 Å². The van der Waals surface area contributed by atoms with Gasteiger partial charge >= 0.3 is 0 Å². The third-order valence-electron chi connectivity index (χ3n) is 2.69. The van der Waals surface area contributed by atoms with Crippen LogP contribution >= 0.6 is 15.9 Å². The summed E-state index contributed by atoms with van der Waals surface area (Å²) in [5.74, 6) is 1.70. The first-order valence-electron chi connectivity index (χ1n) is 5.71. The van der Waals surface area contributed by atoms with Crippen LogP contribution in [-0.4, -0.2) is 29.6 Å². The van der Waals surface area contributed by atoms with Gasteiger partial charge in [-0.25, -0.2) is 4.98 Å². The van der Waals surface area contributed by atoms with E-state index in [1.54, 1.807) is 0 Å². The van der Waals surface area contributed by atoms with Crippen molar-refractivity contribution in [3.63, 3.8) is 0 Å². The Morgan fingerprint density at radius 2 is 2.31 bits per heavy atom. The minimum atomic E-state index is 0.658. The first-order valence-corrected chi connectivity index (χ1v) is 6.51. The van der Waals surface area contributed by atoms with Crippen molar-refractivity contribution in [2.24, 2.45) is 0 Å². The molecular weight excluding hydrogens is 268 g/mol. The molecule has 0 aliphatic heterocycles. The summed E-state index contributed by atoms with van der Waals surface area (Å²) in [6, 6.07) is 0.658. The average Bonchev–Trinajstić information content (AvgIpc) is 3.11. The summed E-state index contributed by atoms with van der Waals surface area (Å²) in [6.45, 7) is 3.04. The van der Waals surface area contributed by atoms with Crippen molar-refractivity contribution in [1.29, 1.82) is 0 Å². The smallest absolute Gasteiger partial charge is 0.224 e. The first kappa shape index (κ1) is 11.6. The second-order valence-electron chi connectivity index (χ2n) is 4.13. The Labute approximate surface area is 105 Å². The van der Waals surface area contributed by atoms with Gasteiger partial charge in [-0.1, -0.05) is 6.92 Å². The van der Waals surface area contributed by atoms with Crippen LogP contribution in [0.3, 0.4) is 0 Å². The number of aromatic nitrogens is 2. The Balaban J connectivity index is 2.14. The molecule has 1 saturated carbocycles. The number of nitrogens with zero attached hydrogens (tertiary/aromatic N) is 3. The first-order chi connectivity index (χ1) is 7.72. The molecule has 0 saturated heterocycles. The maximum Gasteiger partial charge on any atom is 0.224 e. The molecule has 0 bridgehead atoms. The summed E-state index contributed by atoms with van der Waals surface area (Å²) >= 11 is 3.50. The van der Waals surface area contributed by atoms with Crippen LogP contribution in [-0.2, 0) is 0 Å². The van der Waals surface area contributed by atoms with Gasteiger partial charge in [0.1, 0.15) is 5.82 Å². The van der Waals surface area contributed by atoms with Crippen LogP contribution in [0.5, 0.6) is 0 Å². The number of halogens is 1. The molecule has 1 N–H and O–H groups in total. The van der Waals surface area contributed by atoms with E-state index in [1.165, 1.54) is 12.8 Å². The molecule has 1 aliphatic carbocycles. The van der Waals surface area contributed by atoms with Crippen molar-refractivity contribution in [2.75, 3.05) is 23.8 Å². The SMILES string of the molecule is CCCNc1ncc(Br)c(N(C)C2CC2)n1. The quantitative estimate of drug-likeness (QED) is 0.903. The number of rotatable bonds is 5. The lowest BCUT2D eigenvalue weighted by Gasteiger charge is -2.19. The van der Waals surface area contributed by atoms with E-state index in [4.69, 9.17) is 0 Å². The summed E-state index contributed by atoms with van der Waals surface area (Å²) in [5.41, 5.74) is 0.